The molecule has 0 spiro atoms. The van der Waals surface area contributed by atoms with Gasteiger partial charge in [-0.05, 0) is 66.6 Å². The van der Waals surface area contributed by atoms with E-state index in [1.54, 1.807) is 31.6 Å². The summed E-state index contributed by atoms with van der Waals surface area (Å²) >= 11 is 6.03. The van der Waals surface area contributed by atoms with Gasteiger partial charge in [-0.1, -0.05) is 17.7 Å². The van der Waals surface area contributed by atoms with Gasteiger partial charge in [0.25, 0.3) is 5.91 Å². The van der Waals surface area contributed by atoms with Crippen LogP contribution in [0.5, 0.6) is 11.5 Å². The highest BCUT2D eigenvalue weighted by molar-refractivity contribution is 6.31. The summed E-state index contributed by atoms with van der Waals surface area (Å²) in [7, 11) is 1.59. The van der Waals surface area contributed by atoms with Crippen molar-refractivity contribution in [2.24, 2.45) is 0 Å². The monoisotopic (exact) mass is 435 g/mol. The van der Waals surface area contributed by atoms with Gasteiger partial charge in [-0.3, -0.25) is 9.78 Å². The molecule has 2 heterocycles. The number of nitrogens with one attached hydrogen (secondary N) is 2. The van der Waals surface area contributed by atoms with Crippen LogP contribution >= 0.6 is 11.6 Å². The molecule has 7 heteroatoms. The Bertz CT molecular complexity index is 1210. The maximum Gasteiger partial charge on any atom is 0.268 e. The molecule has 6 nitrogen and oxygen atoms in total. The molecule has 1 amide bonds. The predicted octanol–water partition coefficient (Wildman–Crippen LogP) is 5.29. The molecule has 0 radical (unpaired) electrons. The van der Waals surface area contributed by atoms with Crippen molar-refractivity contribution in [1.82, 2.24) is 15.3 Å². The number of aromatic amines is 1. The van der Waals surface area contributed by atoms with Crippen LogP contribution in [0.4, 0.5) is 0 Å². The standard InChI is InChI=1S/C24H22ClN3O3/c1-15(27-24(29)21-12-18-11-19(25)4-5-20(18)28-21)17-3-6-22(23(13-17)30-2)31-14-16-7-9-26-10-8-16/h3-13,15,28H,14H2,1-2H3,(H,27,29). The predicted molar refractivity (Wildman–Crippen MR) is 121 cm³/mol. The third kappa shape index (κ3) is 4.81. The Hall–Kier alpha value is -3.51. The van der Waals surface area contributed by atoms with Crippen molar-refractivity contribution in [3.8, 4) is 11.5 Å². The molecule has 2 aromatic carbocycles. The fourth-order valence-electron chi connectivity index (χ4n) is 3.30. The quantitative estimate of drug-likeness (QED) is 0.413. The van der Waals surface area contributed by atoms with Gasteiger partial charge in [-0.15, -0.1) is 0 Å². The third-order valence-corrected chi connectivity index (χ3v) is 5.24. The van der Waals surface area contributed by atoms with Gasteiger partial charge in [-0.2, -0.15) is 0 Å². The van der Waals surface area contributed by atoms with Gasteiger partial charge in [0.2, 0.25) is 0 Å². The van der Waals surface area contributed by atoms with Crippen LogP contribution < -0.4 is 14.8 Å². The van der Waals surface area contributed by atoms with Crippen molar-refractivity contribution in [2.75, 3.05) is 7.11 Å². The van der Waals surface area contributed by atoms with Crippen molar-refractivity contribution < 1.29 is 14.3 Å². The normalized spacial score (nSPS) is 11.8. The fraction of sp³-hybridized carbons (Fsp3) is 0.167. The second-order valence-electron chi connectivity index (χ2n) is 7.16. The number of fused-ring (bicyclic) bond motifs is 1. The molecule has 31 heavy (non-hydrogen) atoms. The van der Waals surface area contributed by atoms with E-state index in [-0.39, 0.29) is 11.9 Å². The Morgan fingerprint density at radius 2 is 1.90 bits per heavy atom. The number of benzene rings is 2. The summed E-state index contributed by atoms with van der Waals surface area (Å²) in [6.45, 7) is 2.33. The lowest BCUT2D eigenvalue weighted by atomic mass is 10.1. The number of amides is 1. The van der Waals surface area contributed by atoms with E-state index in [1.807, 2.05) is 49.4 Å². The van der Waals surface area contributed by atoms with Crippen molar-refractivity contribution in [3.05, 3.63) is 88.8 Å². The molecule has 0 saturated carbocycles. The molecule has 2 N–H and O–H groups in total. The molecule has 0 aliphatic rings. The molecule has 0 saturated heterocycles. The van der Waals surface area contributed by atoms with E-state index in [2.05, 4.69) is 15.3 Å². The molecular weight excluding hydrogens is 414 g/mol. The average molecular weight is 436 g/mol. The molecule has 0 fully saturated rings. The van der Waals surface area contributed by atoms with Crippen LogP contribution in [0, 0.1) is 0 Å². The first kappa shape index (κ1) is 20.8. The number of H-pyrrole nitrogens is 1. The summed E-state index contributed by atoms with van der Waals surface area (Å²) in [5, 5.41) is 4.53. The van der Waals surface area contributed by atoms with Gasteiger partial charge >= 0.3 is 0 Å². The maximum atomic E-state index is 12.7. The van der Waals surface area contributed by atoms with Crippen molar-refractivity contribution in [3.63, 3.8) is 0 Å². The Kier molecular flexibility index (Phi) is 6.09. The van der Waals surface area contributed by atoms with Gasteiger partial charge in [0.05, 0.1) is 13.2 Å². The largest absolute Gasteiger partial charge is 0.493 e. The minimum Gasteiger partial charge on any atom is -0.493 e. The first-order chi connectivity index (χ1) is 15.0. The molecule has 4 aromatic rings. The molecule has 1 atom stereocenters. The van der Waals surface area contributed by atoms with Crippen LogP contribution in [0.15, 0.2) is 67.0 Å². The van der Waals surface area contributed by atoms with Gasteiger partial charge < -0.3 is 19.8 Å². The zero-order chi connectivity index (χ0) is 21.8. The van der Waals surface area contributed by atoms with Gasteiger partial charge in [0.15, 0.2) is 11.5 Å². The number of pyridine rings is 1. The van der Waals surface area contributed by atoms with Gasteiger partial charge in [0.1, 0.15) is 12.3 Å². The number of carbonyl (C=O) groups is 1. The van der Waals surface area contributed by atoms with E-state index in [0.29, 0.717) is 28.8 Å². The highest BCUT2D eigenvalue weighted by Gasteiger charge is 2.16. The Morgan fingerprint density at radius 1 is 1.10 bits per heavy atom. The molecule has 1 unspecified atom stereocenters. The lowest BCUT2D eigenvalue weighted by molar-refractivity contribution is 0.0935. The van der Waals surface area contributed by atoms with E-state index in [9.17, 15) is 4.79 Å². The lowest BCUT2D eigenvalue weighted by Crippen LogP contribution is -2.26. The summed E-state index contributed by atoms with van der Waals surface area (Å²) in [6.07, 6.45) is 3.45. The summed E-state index contributed by atoms with van der Waals surface area (Å²) in [5.41, 5.74) is 3.26. The molecule has 2 aromatic heterocycles. The highest BCUT2D eigenvalue weighted by atomic mass is 35.5. The Balaban J connectivity index is 1.45. The molecule has 4 rings (SSSR count). The molecule has 158 valence electrons. The molecule has 0 bridgehead atoms. The molecule has 0 aliphatic carbocycles. The van der Waals surface area contributed by atoms with Crippen LogP contribution in [0.3, 0.4) is 0 Å². The van der Waals surface area contributed by atoms with E-state index < -0.39 is 0 Å². The third-order valence-electron chi connectivity index (χ3n) is 5.01. The number of rotatable bonds is 7. The second kappa shape index (κ2) is 9.10. The number of hydrogen-bond acceptors (Lipinski definition) is 4. The smallest absolute Gasteiger partial charge is 0.268 e. The average Bonchev–Trinajstić information content (AvgIpc) is 3.21. The second-order valence-corrected chi connectivity index (χ2v) is 7.60. The number of aromatic nitrogens is 2. The number of carbonyl (C=O) groups excluding carboxylic acids is 1. The SMILES string of the molecule is COc1cc(C(C)NC(=O)c2cc3cc(Cl)ccc3[nH]2)ccc1OCc1ccncc1. The van der Waals surface area contributed by atoms with Crippen molar-refractivity contribution in [2.45, 2.75) is 19.6 Å². The van der Waals surface area contributed by atoms with E-state index >= 15 is 0 Å². The summed E-state index contributed by atoms with van der Waals surface area (Å²) in [4.78, 5) is 19.9. The topological polar surface area (TPSA) is 76.2 Å². The van der Waals surface area contributed by atoms with Crippen LogP contribution in [-0.4, -0.2) is 23.0 Å². The van der Waals surface area contributed by atoms with Crippen LogP contribution in [0.1, 0.15) is 34.6 Å². The first-order valence-corrected chi connectivity index (χ1v) is 10.2. The summed E-state index contributed by atoms with van der Waals surface area (Å²) in [5.74, 6) is 1.04. The highest BCUT2D eigenvalue weighted by Crippen LogP contribution is 2.31. The Labute approximate surface area is 185 Å². The molecular formula is C24H22ClN3O3. The number of methoxy groups -OCH3 is 1. The first-order valence-electron chi connectivity index (χ1n) is 9.82. The summed E-state index contributed by atoms with van der Waals surface area (Å²) < 4.78 is 11.4. The minimum atomic E-state index is -0.231. The van der Waals surface area contributed by atoms with E-state index in [4.69, 9.17) is 21.1 Å². The molecule has 0 aliphatic heterocycles. The number of nitrogens with zero attached hydrogens (tertiary/aromatic N) is 1. The lowest BCUT2D eigenvalue weighted by Gasteiger charge is -2.17. The van der Waals surface area contributed by atoms with Crippen LogP contribution in [0.2, 0.25) is 5.02 Å². The van der Waals surface area contributed by atoms with Gasteiger partial charge in [-0.25, -0.2) is 0 Å². The Morgan fingerprint density at radius 3 is 2.68 bits per heavy atom. The van der Waals surface area contributed by atoms with E-state index in [1.165, 1.54) is 0 Å². The minimum absolute atomic E-state index is 0.197. The van der Waals surface area contributed by atoms with Gasteiger partial charge in [0, 0.05) is 28.3 Å². The number of halogens is 1. The van der Waals surface area contributed by atoms with Crippen LogP contribution in [0.25, 0.3) is 10.9 Å². The van der Waals surface area contributed by atoms with Crippen LogP contribution in [-0.2, 0) is 6.61 Å². The number of ether oxygens (including phenoxy) is 2. The summed E-state index contributed by atoms with van der Waals surface area (Å²) in [6, 6.07) is 16.5. The number of hydrogen-bond donors (Lipinski definition) is 2. The maximum absolute atomic E-state index is 12.7. The zero-order valence-corrected chi connectivity index (χ0v) is 17.9. The zero-order valence-electron chi connectivity index (χ0n) is 17.2. The van der Waals surface area contributed by atoms with Crippen molar-refractivity contribution >= 4 is 28.4 Å². The van der Waals surface area contributed by atoms with Crippen molar-refractivity contribution in [1.29, 1.82) is 0 Å². The van der Waals surface area contributed by atoms with E-state index in [0.717, 1.165) is 22.0 Å². The fourth-order valence-corrected chi connectivity index (χ4v) is 3.48.